The van der Waals surface area contributed by atoms with Crippen LogP contribution >= 0.6 is 0 Å². The van der Waals surface area contributed by atoms with Crippen LogP contribution in [0.1, 0.15) is 47.1 Å². The second kappa shape index (κ2) is 13.1. The third kappa shape index (κ3) is 6.99. The number of benzene rings is 4. The number of carboxylic acids is 1. The molecule has 0 aliphatic rings. The molecule has 4 aromatic carbocycles. The lowest BCUT2D eigenvalue weighted by Crippen LogP contribution is -2.02. The molecule has 0 amide bonds. The van der Waals surface area contributed by atoms with Crippen LogP contribution in [0.4, 0.5) is 8.78 Å². The van der Waals surface area contributed by atoms with Crippen molar-refractivity contribution in [2.45, 2.75) is 26.3 Å². The predicted octanol–water partition coefficient (Wildman–Crippen LogP) is 8.59. The van der Waals surface area contributed by atoms with E-state index in [2.05, 4.69) is 11.9 Å². The molecule has 0 aliphatic heterocycles. The van der Waals surface area contributed by atoms with Crippen molar-refractivity contribution >= 4 is 18.1 Å². The van der Waals surface area contributed by atoms with Crippen LogP contribution in [0.3, 0.4) is 0 Å². The first kappa shape index (κ1) is 28.5. The summed E-state index contributed by atoms with van der Waals surface area (Å²) in [5, 5.41) is 9.20. The lowest BCUT2D eigenvalue weighted by molar-refractivity contribution is 0.0697. The van der Waals surface area contributed by atoms with Crippen LogP contribution in [0.2, 0.25) is 0 Å². The molecule has 212 valence electrons. The lowest BCUT2D eigenvalue weighted by atomic mass is 10.0. The molecule has 0 radical (unpaired) electrons. The summed E-state index contributed by atoms with van der Waals surface area (Å²) >= 11 is 0. The number of carbonyl (C=O) groups is 1. The number of ether oxygens (including phenoxy) is 1. The van der Waals surface area contributed by atoms with Gasteiger partial charge in [-0.2, -0.15) is 0 Å². The number of hydrogen-bond acceptors (Lipinski definition) is 3. The van der Waals surface area contributed by atoms with E-state index in [0.717, 1.165) is 46.9 Å². The number of nitrogens with zero attached hydrogens (tertiary/aromatic N) is 2. The highest BCUT2D eigenvalue weighted by atomic mass is 19.1. The van der Waals surface area contributed by atoms with Gasteiger partial charge in [-0.05, 0) is 71.1 Å². The number of halogens is 2. The normalized spacial score (nSPS) is 11.2. The molecular weight excluding hydrogens is 534 g/mol. The highest BCUT2D eigenvalue weighted by molar-refractivity contribution is 5.87. The maximum Gasteiger partial charge on any atom is 0.335 e. The second-order valence-electron chi connectivity index (χ2n) is 9.92. The first-order valence-corrected chi connectivity index (χ1v) is 13.8. The topological polar surface area (TPSA) is 64.4 Å². The summed E-state index contributed by atoms with van der Waals surface area (Å²) in [5.41, 5.74) is 4.72. The number of carboxylic acid groups (broad SMARTS) is 1. The number of aromatic nitrogens is 2. The zero-order valence-corrected chi connectivity index (χ0v) is 23.1. The van der Waals surface area contributed by atoms with Crippen LogP contribution in [0.25, 0.3) is 34.5 Å². The summed E-state index contributed by atoms with van der Waals surface area (Å²) in [5.74, 6) is -0.925. The Morgan fingerprint density at radius 2 is 1.60 bits per heavy atom. The molecule has 0 bridgehead atoms. The van der Waals surface area contributed by atoms with E-state index in [4.69, 9.17) is 4.74 Å². The molecule has 0 unspecified atom stereocenters. The van der Waals surface area contributed by atoms with Gasteiger partial charge in [0.1, 0.15) is 23.2 Å². The third-order valence-corrected chi connectivity index (χ3v) is 6.86. The van der Waals surface area contributed by atoms with Gasteiger partial charge < -0.3 is 14.4 Å². The maximum absolute atomic E-state index is 14.6. The van der Waals surface area contributed by atoms with Crippen molar-refractivity contribution in [1.82, 2.24) is 9.55 Å². The maximum atomic E-state index is 14.6. The van der Waals surface area contributed by atoms with Gasteiger partial charge >= 0.3 is 5.97 Å². The van der Waals surface area contributed by atoms with E-state index < -0.39 is 17.6 Å². The number of unbranched alkanes of at least 4 members (excludes halogenated alkanes) is 1. The minimum atomic E-state index is -0.999. The standard InChI is InChI=1S/C35H30F2N2O3/c1-2-3-20-42-30-16-13-27(14-17-30)26-9-4-24(5-10-26)8-19-34-38-33(31-18-15-29(36)21-32(31)37)23-39(34)22-25-6-11-28(12-7-25)35(40)41/h4-19,21,23H,2-3,20,22H2,1H3,(H,40,41)/b19-8+. The third-order valence-electron chi connectivity index (χ3n) is 6.86. The highest BCUT2D eigenvalue weighted by Crippen LogP contribution is 2.26. The van der Waals surface area contributed by atoms with Crippen molar-refractivity contribution in [2.75, 3.05) is 6.61 Å². The Hall–Kier alpha value is -5.04. The van der Waals surface area contributed by atoms with Crippen molar-refractivity contribution in [3.8, 4) is 28.1 Å². The average Bonchev–Trinajstić information content (AvgIpc) is 3.39. The van der Waals surface area contributed by atoms with Crippen LogP contribution in [-0.4, -0.2) is 27.2 Å². The quantitative estimate of drug-likeness (QED) is 0.163. The Labute approximate surface area is 243 Å². The lowest BCUT2D eigenvalue weighted by Gasteiger charge is -2.07. The minimum absolute atomic E-state index is 0.192. The fourth-order valence-electron chi connectivity index (χ4n) is 4.50. The fourth-order valence-corrected chi connectivity index (χ4v) is 4.50. The summed E-state index contributed by atoms with van der Waals surface area (Å²) in [7, 11) is 0. The fraction of sp³-hybridized carbons (Fsp3) is 0.143. The van der Waals surface area contributed by atoms with Gasteiger partial charge in [-0.3, -0.25) is 0 Å². The zero-order chi connectivity index (χ0) is 29.5. The van der Waals surface area contributed by atoms with Gasteiger partial charge in [0, 0.05) is 24.4 Å². The SMILES string of the molecule is CCCCOc1ccc(-c2ccc(/C=C/c3nc(-c4ccc(F)cc4F)cn3Cc3ccc(C(=O)O)cc3)cc2)cc1. The van der Waals surface area contributed by atoms with E-state index in [-0.39, 0.29) is 11.1 Å². The summed E-state index contributed by atoms with van der Waals surface area (Å²) in [6, 6.07) is 26.1. The van der Waals surface area contributed by atoms with Crippen LogP contribution in [0, 0.1) is 11.6 Å². The van der Waals surface area contributed by atoms with Gasteiger partial charge in [0.25, 0.3) is 0 Å². The van der Waals surface area contributed by atoms with Crippen LogP contribution in [-0.2, 0) is 6.54 Å². The van der Waals surface area contributed by atoms with Crippen LogP contribution in [0.15, 0.2) is 97.2 Å². The highest BCUT2D eigenvalue weighted by Gasteiger charge is 2.13. The monoisotopic (exact) mass is 564 g/mol. The molecule has 0 saturated heterocycles. The van der Waals surface area contributed by atoms with Gasteiger partial charge in [-0.15, -0.1) is 0 Å². The molecule has 1 heterocycles. The average molecular weight is 565 g/mol. The van der Waals surface area contributed by atoms with Crippen LogP contribution < -0.4 is 4.74 Å². The van der Waals surface area contributed by atoms with Gasteiger partial charge in [-0.1, -0.05) is 68.0 Å². The molecule has 42 heavy (non-hydrogen) atoms. The summed E-state index contributed by atoms with van der Waals surface area (Å²) in [4.78, 5) is 15.9. The van der Waals surface area contributed by atoms with Crippen molar-refractivity contribution < 1.29 is 23.4 Å². The molecule has 5 rings (SSSR count). The van der Waals surface area contributed by atoms with Crippen LogP contribution in [0.5, 0.6) is 5.75 Å². The largest absolute Gasteiger partial charge is 0.494 e. The summed E-state index contributed by atoms with van der Waals surface area (Å²) in [6.45, 7) is 3.23. The number of aromatic carboxylic acids is 1. The molecule has 0 aliphatic carbocycles. The minimum Gasteiger partial charge on any atom is -0.494 e. The van der Waals surface area contributed by atoms with E-state index >= 15 is 0 Å². The summed E-state index contributed by atoms with van der Waals surface area (Å²) in [6.07, 6.45) is 7.60. The Morgan fingerprint density at radius 1 is 0.905 bits per heavy atom. The molecule has 0 atom stereocenters. The van der Waals surface area contributed by atoms with E-state index in [9.17, 15) is 18.7 Å². The zero-order valence-electron chi connectivity index (χ0n) is 23.1. The molecule has 7 heteroatoms. The van der Waals surface area contributed by atoms with Crippen molar-refractivity contribution in [3.05, 3.63) is 131 Å². The number of imidazole rings is 1. The molecule has 5 nitrogen and oxygen atoms in total. The van der Waals surface area contributed by atoms with E-state index in [1.54, 1.807) is 30.5 Å². The van der Waals surface area contributed by atoms with Gasteiger partial charge in [0.05, 0.1) is 17.9 Å². The van der Waals surface area contributed by atoms with Gasteiger partial charge in [-0.25, -0.2) is 18.6 Å². The molecule has 0 saturated carbocycles. The first-order valence-electron chi connectivity index (χ1n) is 13.8. The molecular formula is C35H30F2N2O3. The van der Waals surface area contributed by atoms with Crippen molar-refractivity contribution in [1.29, 1.82) is 0 Å². The number of hydrogen-bond donors (Lipinski definition) is 1. The summed E-state index contributed by atoms with van der Waals surface area (Å²) < 4.78 is 35.7. The molecule has 0 fully saturated rings. The Kier molecular flexibility index (Phi) is 8.87. The van der Waals surface area contributed by atoms with Crippen molar-refractivity contribution in [3.63, 3.8) is 0 Å². The van der Waals surface area contributed by atoms with E-state index in [1.807, 2.05) is 65.3 Å². The Morgan fingerprint density at radius 3 is 2.24 bits per heavy atom. The van der Waals surface area contributed by atoms with E-state index in [0.29, 0.717) is 24.7 Å². The van der Waals surface area contributed by atoms with E-state index in [1.165, 1.54) is 12.1 Å². The molecule has 1 N–H and O–H groups in total. The molecule has 5 aromatic rings. The van der Waals surface area contributed by atoms with Gasteiger partial charge in [0.15, 0.2) is 0 Å². The second-order valence-corrected chi connectivity index (χ2v) is 9.92. The molecule has 1 aromatic heterocycles. The van der Waals surface area contributed by atoms with Gasteiger partial charge in [0.2, 0.25) is 0 Å². The Balaban J connectivity index is 1.38. The Bertz CT molecular complexity index is 1690. The predicted molar refractivity (Wildman–Crippen MR) is 161 cm³/mol. The molecule has 0 spiro atoms. The number of rotatable bonds is 11. The smallest absolute Gasteiger partial charge is 0.335 e. The first-order chi connectivity index (χ1) is 20.4. The van der Waals surface area contributed by atoms with Crippen molar-refractivity contribution in [2.24, 2.45) is 0 Å².